The number of anilines is 2. The molecule has 1 atom stereocenters. The molecule has 418 valence electrons. The Kier molecular flexibility index (Phi) is 19.8. The first-order valence-corrected chi connectivity index (χ1v) is 28.0. The molecule has 0 radical (unpaired) electrons. The third-order valence-corrected chi connectivity index (χ3v) is 15.6. The number of carbonyl (C=O) groups is 5. The van der Waals surface area contributed by atoms with E-state index >= 15 is 0 Å². The molecule has 4 N–H and O–H groups in total. The van der Waals surface area contributed by atoms with E-state index in [2.05, 4.69) is 30.7 Å². The van der Waals surface area contributed by atoms with Gasteiger partial charge in [0.15, 0.2) is 6.23 Å². The van der Waals surface area contributed by atoms with Crippen LogP contribution in [0.2, 0.25) is 0 Å². The first-order valence-electron chi connectivity index (χ1n) is 28.0. The van der Waals surface area contributed by atoms with Gasteiger partial charge in [-0.25, -0.2) is 9.59 Å². The number of aliphatic hydroxyl groups is 1. The standard InChI is InChI=1S/C64H74N8O8/c1-68(41-43-70-37-31-53(32-38-70)79-63(77)65-57-19-11-9-17-55(57)47-13-5-3-6-14-47)61(75)51-23-21-46(22-24-51)45-72-35-29-50(30-36-72)60(74)67-59(73)49-25-27-52(28-26-49)62(76)69(2)42-44-71-39-33-54(34-40-71)80-64(78)66-58-20-12-10-18-56(58)48-15-7-4-8-16-48/h3-28,50,53-54,59,73H,29-45H2,1-2H3,(H,65,77)(H,66,78)(H,67,74). The molecule has 80 heavy (non-hydrogen) atoms. The molecule has 3 fully saturated rings. The van der Waals surface area contributed by atoms with Crippen LogP contribution in [0.3, 0.4) is 0 Å². The number of para-hydroxylation sites is 2. The van der Waals surface area contributed by atoms with Crippen molar-refractivity contribution in [2.75, 3.05) is 90.2 Å². The summed E-state index contributed by atoms with van der Waals surface area (Å²) in [6.07, 6.45) is 1.65. The van der Waals surface area contributed by atoms with E-state index in [0.717, 1.165) is 86.5 Å². The van der Waals surface area contributed by atoms with Gasteiger partial charge in [-0.1, -0.05) is 121 Å². The number of benzene rings is 6. The van der Waals surface area contributed by atoms with Crippen LogP contribution in [-0.2, 0) is 20.8 Å². The van der Waals surface area contributed by atoms with Crippen LogP contribution in [0, 0.1) is 5.92 Å². The topological polar surface area (TPSA) is 176 Å². The van der Waals surface area contributed by atoms with Gasteiger partial charge in [0.25, 0.3) is 11.8 Å². The van der Waals surface area contributed by atoms with Gasteiger partial charge in [0.1, 0.15) is 12.2 Å². The normalized spacial score (nSPS) is 16.2. The van der Waals surface area contributed by atoms with Crippen molar-refractivity contribution < 1.29 is 38.6 Å². The fraction of sp³-hybridized carbons (Fsp3) is 0.359. The second-order valence-electron chi connectivity index (χ2n) is 21.2. The van der Waals surface area contributed by atoms with E-state index < -0.39 is 18.4 Å². The summed E-state index contributed by atoms with van der Waals surface area (Å²) in [7, 11) is 3.60. The van der Waals surface area contributed by atoms with E-state index in [1.54, 1.807) is 41.1 Å². The van der Waals surface area contributed by atoms with Crippen molar-refractivity contribution in [3.63, 3.8) is 0 Å². The predicted octanol–water partition coefficient (Wildman–Crippen LogP) is 9.61. The van der Waals surface area contributed by atoms with E-state index in [0.29, 0.717) is 79.9 Å². The van der Waals surface area contributed by atoms with E-state index in [1.807, 2.05) is 141 Å². The van der Waals surface area contributed by atoms with Crippen LogP contribution in [0.1, 0.15) is 76.6 Å². The molecule has 9 rings (SSSR count). The molecule has 16 nitrogen and oxygen atoms in total. The molecular formula is C64H74N8O8. The largest absolute Gasteiger partial charge is 0.446 e. The summed E-state index contributed by atoms with van der Waals surface area (Å²) in [4.78, 5) is 76.1. The molecule has 1 unspecified atom stereocenters. The van der Waals surface area contributed by atoms with Crippen LogP contribution >= 0.6 is 0 Å². The number of carbonyl (C=O) groups excluding carboxylic acids is 5. The number of hydrogen-bond acceptors (Lipinski definition) is 11. The molecule has 5 amide bonds. The Labute approximate surface area is 469 Å². The van der Waals surface area contributed by atoms with Crippen molar-refractivity contribution >= 4 is 41.3 Å². The minimum absolute atomic E-state index is 0.0393. The Hall–Kier alpha value is -7.89. The maximum absolute atomic E-state index is 13.4. The molecule has 3 aliphatic rings. The van der Waals surface area contributed by atoms with Crippen LogP contribution in [0.15, 0.2) is 158 Å². The van der Waals surface area contributed by atoms with Gasteiger partial charge in [-0.05, 0) is 105 Å². The monoisotopic (exact) mass is 1080 g/mol. The zero-order chi connectivity index (χ0) is 55.8. The lowest BCUT2D eigenvalue weighted by Gasteiger charge is -2.32. The van der Waals surface area contributed by atoms with Gasteiger partial charge in [0.2, 0.25) is 5.91 Å². The Morgan fingerprint density at radius 2 is 0.912 bits per heavy atom. The number of amides is 5. The van der Waals surface area contributed by atoms with E-state index in [1.165, 1.54) is 0 Å². The van der Waals surface area contributed by atoms with Crippen molar-refractivity contribution in [1.82, 2.24) is 29.8 Å². The molecule has 0 aromatic heterocycles. The van der Waals surface area contributed by atoms with E-state index in [9.17, 15) is 29.1 Å². The van der Waals surface area contributed by atoms with Gasteiger partial charge >= 0.3 is 12.2 Å². The number of piperidine rings is 3. The first-order chi connectivity index (χ1) is 38.9. The average molecular weight is 1080 g/mol. The lowest BCUT2D eigenvalue weighted by atomic mass is 9.95. The second-order valence-corrected chi connectivity index (χ2v) is 21.2. The summed E-state index contributed by atoms with van der Waals surface area (Å²) < 4.78 is 11.6. The maximum atomic E-state index is 13.4. The number of hydrogen-bond donors (Lipinski definition) is 4. The fourth-order valence-electron chi connectivity index (χ4n) is 10.7. The molecule has 3 heterocycles. The molecule has 0 saturated carbocycles. The molecule has 0 bridgehead atoms. The van der Waals surface area contributed by atoms with Gasteiger partial charge < -0.3 is 39.5 Å². The SMILES string of the molecule is CN(CCN1CCC(OC(=O)Nc2ccccc2-c2ccccc2)CC1)C(=O)c1ccc(CN2CCC(C(=O)NC(O)c3ccc(C(=O)N(C)CCN4CCC(OC(=O)Nc5ccccc5-c5ccccc5)CC4)cc3)CC2)cc1. The Morgan fingerprint density at radius 1 is 0.512 bits per heavy atom. The quantitative estimate of drug-likeness (QED) is 0.0569. The number of likely N-dealkylation sites (N-methyl/N-ethyl adjacent to an activating group) is 2. The number of ether oxygens (including phenoxy) is 2. The van der Waals surface area contributed by atoms with Crippen LogP contribution < -0.4 is 16.0 Å². The summed E-state index contributed by atoms with van der Waals surface area (Å²) in [5.74, 6) is -0.619. The van der Waals surface area contributed by atoms with Crippen molar-refractivity contribution in [2.24, 2.45) is 5.92 Å². The number of nitrogens with one attached hydrogen (secondary N) is 3. The molecule has 3 saturated heterocycles. The third-order valence-electron chi connectivity index (χ3n) is 15.6. The molecular weight excluding hydrogens is 1010 g/mol. The predicted molar refractivity (Wildman–Crippen MR) is 311 cm³/mol. The number of aliphatic hydroxyl groups excluding tert-OH is 1. The molecule has 0 spiro atoms. The number of likely N-dealkylation sites (tertiary alicyclic amines) is 3. The van der Waals surface area contributed by atoms with Crippen molar-refractivity contribution in [1.29, 1.82) is 0 Å². The summed E-state index contributed by atoms with van der Waals surface area (Å²) in [6.45, 7) is 7.69. The molecule has 0 aliphatic carbocycles. The number of rotatable bonds is 19. The highest BCUT2D eigenvalue weighted by Crippen LogP contribution is 2.30. The Bertz CT molecular complexity index is 2990. The van der Waals surface area contributed by atoms with Gasteiger partial charge in [-0.3, -0.25) is 29.9 Å². The Balaban J connectivity index is 0.623. The van der Waals surface area contributed by atoms with Gasteiger partial charge in [-0.15, -0.1) is 0 Å². The van der Waals surface area contributed by atoms with Crippen LogP contribution in [0.4, 0.5) is 21.0 Å². The zero-order valence-corrected chi connectivity index (χ0v) is 45.9. The summed E-state index contributed by atoms with van der Waals surface area (Å²) >= 11 is 0. The minimum atomic E-state index is -1.21. The van der Waals surface area contributed by atoms with Crippen molar-refractivity contribution in [3.05, 3.63) is 180 Å². The molecule has 16 heteroatoms. The van der Waals surface area contributed by atoms with Crippen LogP contribution in [-0.4, -0.2) is 151 Å². The second kappa shape index (κ2) is 27.8. The maximum Gasteiger partial charge on any atom is 0.411 e. The van der Waals surface area contributed by atoms with Gasteiger partial charge in [0.05, 0.1) is 11.4 Å². The lowest BCUT2D eigenvalue weighted by Crippen LogP contribution is -2.42. The number of nitrogens with zero attached hydrogens (tertiary/aromatic N) is 5. The van der Waals surface area contributed by atoms with Crippen LogP contribution in [0.5, 0.6) is 0 Å². The highest BCUT2D eigenvalue weighted by Gasteiger charge is 2.29. The molecule has 3 aliphatic heterocycles. The van der Waals surface area contributed by atoms with Gasteiger partial charge in [-0.2, -0.15) is 0 Å². The van der Waals surface area contributed by atoms with Gasteiger partial charge in [0, 0.05) is 107 Å². The first kappa shape index (κ1) is 56.8. The minimum Gasteiger partial charge on any atom is -0.446 e. The van der Waals surface area contributed by atoms with E-state index in [-0.39, 0.29) is 35.8 Å². The van der Waals surface area contributed by atoms with Crippen molar-refractivity contribution in [3.8, 4) is 22.3 Å². The smallest absolute Gasteiger partial charge is 0.411 e. The molecule has 6 aromatic carbocycles. The third kappa shape index (κ3) is 15.7. The average Bonchev–Trinajstić information content (AvgIpc) is 3.50. The van der Waals surface area contributed by atoms with Crippen LogP contribution in [0.25, 0.3) is 22.3 Å². The highest BCUT2D eigenvalue weighted by molar-refractivity contribution is 5.95. The zero-order valence-electron chi connectivity index (χ0n) is 45.9. The summed E-state index contributed by atoms with van der Waals surface area (Å²) in [5.41, 5.74) is 7.99. The lowest BCUT2D eigenvalue weighted by molar-refractivity contribution is -0.129. The highest BCUT2D eigenvalue weighted by atomic mass is 16.6. The Morgan fingerprint density at radius 3 is 1.36 bits per heavy atom. The summed E-state index contributed by atoms with van der Waals surface area (Å²) in [6, 6.07) is 49.7. The fourth-order valence-corrected chi connectivity index (χ4v) is 10.7. The molecule has 6 aromatic rings. The van der Waals surface area contributed by atoms with E-state index in [4.69, 9.17) is 9.47 Å². The summed E-state index contributed by atoms with van der Waals surface area (Å²) in [5, 5.41) is 19.6. The van der Waals surface area contributed by atoms with Crippen molar-refractivity contribution in [2.45, 2.75) is 63.5 Å².